The Balaban J connectivity index is 0.00000196. The second-order valence-electron chi connectivity index (χ2n) is 6.00. The molecule has 26 heavy (non-hydrogen) atoms. The molecule has 2 N–H and O–H groups in total. The van der Waals surface area contributed by atoms with Crippen molar-refractivity contribution in [2.45, 2.75) is 31.0 Å². The van der Waals surface area contributed by atoms with Crippen LogP contribution in [-0.4, -0.2) is 25.1 Å². The van der Waals surface area contributed by atoms with Gasteiger partial charge in [-0.15, -0.1) is 17.5 Å². The Morgan fingerprint density at radius 3 is 2.58 bits per heavy atom. The zero-order valence-corrected chi connectivity index (χ0v) is 14.1. The second kappa shape index (κ2) is 6.36. The van der Waals surface area contributed by atoms with E-state index in [1.165, 1.54) is 24.4 Å². The van der Waals surface area contributed by atoms with E-state index in [1.54, 1.807) is 0 Å². The molecule has 4 rings (SSSR count). The van der Waals surface area contributed by atoms with E-state index in [0.717, 1.165) is 30.0 Å². The van der Waals surface area contributed by atoms with Crippen molar-refractivity contribution in [3.05, 3.63) is 41.9 Å². The highest BCUT2D eigenvalue weighted by Gasteiger charge is 2.39. The lowest BCUT2D eigenvalue weighted by Crippen LogP contribution is -2.44. The summed E-state index contributed by atoms with van der Waals surface area (Å²) in [6.45, 7) is 0. The third kappa shape index (κ3) is 3.06. The van der Waals surface area contributed by atoms with Gasteiger partial charge in [0.25, 0.3) is 5.89 Å². The molecule has 11 heteroatoms. The molecule has 0 aliphatic heterocycles. The van der Waals surface area contributed by atoms with E-state index in [0.29, 0.717) is 5.82 Å². The highest BCUT2D eigenvalue weighted by Crippen LogP contribution is 2.37. The van der Waals surface area contributed by atoms with Crippen LogP contribution < -0.4 is 5.73 Å². The maximum atomic E-state index is 13.1. The maximum absolute atomic E-state index is 13.1. The highest BCUT2D eigenvalue weighted by molar-refractivity contribution is 5.85. The van der Waals surface area contributed by atoms with Crippen molar-refractivity contribution >= 4 is 12.4 Å². The summed E-state index contributed by atoms with van der Waals surface area (Å²) in [7, 11) is 0. The largest absolute Gasteiger partial charge is 0.418 e. The van der Waals surface area contributed by atoms with Crippen molar-refractivity contribution in [1.29, 1.82) is 0 Å². The van der Waals surface area contributed by atoms with E-state index in [-0.39, 0.29) is 29.7 Å². The summed E-state index contributed by atoms with van der Waals surface area (Å²) in [5.41, 5.74) is 4.76. The van der Waals surface area contributed by atoms with Crippen LogP contribution in [0.1, 0.15) is 30.7 Å². The third-order valence-corrected chi connectivity index (χ3v) is 4.29. The molecule has 0 radical (unpaired) electrons. The number of alkyl halides is 3. The van der Waals surface area contributed by atoms with Crippen LogP contribution >= 0.6 is 12.4 Å². The molecule has 1 aromatic carbocycles. The Hall–Kier alpha value is -2.46. The average molecular weight is 387 g/mol. The Kier molecular flexibility index (Phi) is 4.49. The fourth-order valence-electron chi connectivity index (χ4n) is 2.70. The van der Waals surface area contributed by atoms with Crippen molar-refractivity contribution in [3.63, 3.8) is 0 Å². The molecule has 0 bridgehead atoms. The van der Waals surface area contributed by atoms with Crippen molar-refractivity contribution in [1.82, 2.24) is 25.1 Å². The average Bonchev–Trinajstić information content (AvgIpc) is 3.21. The third-order valence-electron chi connectivity index (χ3n) is 4.29. The number of hydrogen-bond donors (Lipinski definition) is 1. The molecule has 0 amide bonds. The van der Waals surface area contributed by atoms with E-state index in [1.807, 2.05) is 0 Å². The number of rotatable bonds is 3. The van der Waals surface area contributed by atoms with Crippen LogP contribution in [0.2, 0.25) is 0 Å². The van der Waals surface area contributed by atoms with E-state index in [4.69, 9.17) is 10.3 Å². The fraction of sp³-hybridized carbons (Fsp3) is 0.333. The highest BCUT2D eigenvalue weighted by atomic mass is 35.5. The molecule has 0 saturated heterocycles. The lowest BCUT2D eigenvalue weighted by atomic mass is 9.77. The summed E-state index contributed by atoms with van der Waals surface area (Å²) >= 11 is 0. The molecule has 0 spiro atoms. The summed E-state index contributed by atoms with van der Waals surface area (Å²) < 4.78 is 45.6. The monoisotopic (exact) mass is 386 g/mol. The van der Waals surface area contributed by atoms with Gasteiger partial charge in [-0.25, -0.2) is 4.68 Å². The molecule has 0 unspecified atom stereocenters. The van der Waals surface area contributed by atoms with Gasteiger partial charge >= 0.3 is 6.18 Å². The first-order valence-electron chi connectivity index (χ1n) is 7.59. The topological polar surface area (TPSA) is 95.7 Å². The van der Waals surface area contributed by atoms with Crippen LogP contribution in [0.5, 0.6) is 0 Å². The number of nitrogens with two attached hydrogens (primary N) is 1. The fourth-order valence-corrected chi connectivity index (χ4v) is 2.70. The molecular formula is C15H14ClF3N6O. The molecule has 2 aromatic heterocycles. The van der Waals surface area contributed by atoms with Crippen LogP contribution in [0, 0.1) is 0 Å². The van der Waals surface area contributed by atoms with Crippen LogP contribution in [0.4, 0.5) is 13.2 Å². The molecule has 3 aromatic rings. The van der Waals surface area contributed by atoms with Crippen LogP contribution in [0.15, 0.2) is 35.0 Å². The zero-order chi connectivity index (χ0) is 17.7. The first-order chi connectivity index (χ1) is 11.9. The Morgan fingerprint density at radius 2 is 1.92 bits per heavy atom. The lowest BCUT2D eigenvalue weighted by molar-refractivity contribution is -0.137. The number of para-hydroxylation sites is 1. The number of aromatic nitrogens is 5. The Labute approximate surface area is 151 Å². The SMILES string of the molecule is Cl.NC1(c2noc(-c3cn(-c4ccccc4C(F)(F)F)nn3)n2)CCC1. The van der Waals surface area contributed by atoms with Crippen molar-refractivity contribution in [2.75, 3.05) is 0 Å². The zero-order valence-electron chi connectivity index (χ0n) is 13.3. The number of hydrogen-bond acceptors (Lipinski definition) is 6. The van der Waals surface area contributed by atoms with Crippen LogP contribution in [0.3, 0.4) is 0 Å². The van der Waals surface area contributed by atoms with E-state index < -0.39 is 17.3 Å². The quantitative estimate of drug-likeness (QED) is 0.743. The first-order valence-corrected chi connectivity index (χ1v) is 7.59. The predicted octanol–water partition coefficient (Wildman–Crippen LogP) is 3.10. The molecule has 1 aliphatic rings. The van der Waals surface area contributed by atoms with Gasteiger partial charge in [0, 0.05) is 0 Å². The van der Waals surface area contributed by atoms with Crippen LogP contribution in [-0.2, 0) is 11.7 Å². The molecule has 0 atom stereocenters. The predicted molar refractivity (Wildman–Crippen MR) is 86.6 cm³/mol. The Bertz CT molecular complexity index is 918. The summed E-state index contributed by atoms with van der Waals surface area (Å²) in [4.78, 5) is 4.21. The van der Waals surface area contributed by atoms with Gasteiger partial charge in [0.05, 0.1) is 23.0 Å². The normalized spacial score (nSPS) is 16.0. The first kappa shape index (κ1) is 18.3. The van der Waals surface area contributed by atoms with Gasteiger partial charge in [-0.1, -0.05) is 22.5 Å². The lowest BCUT2D eigenvalue weighted by Gasteiger charge is -2.34. The second-order valence-corrected chi connectivity index (χ2v) is 6.00. The van der Waals surface area contributed by atoms with Crippen LogP contribution in [0.25, 0.3) is 17.3 Å². The maximum Gasteiger partial charge on any atom is 0.418 e. The number of halogens is 4. The van der Waals surface area contributed by atoms with Crippen molar-refractivity contribution in [2.24, 2.45) is 5.73 Å². The summed E-state index contributed by atoms with van der Waals surface area (Å²) in [6.07, 6.45) is -0.678. The number of benzene rings is 1. The van der Waals surface area contributed by atoms with E-state index in [2.05, 4.69) is 20.5 Å². The van der Waals surface area contributed by atoms with Crippen molar-refractivity contribution < 1.29 is 17.7 Å². The van der Waals surface area contributed by atoms with Gasteiger partial charge in [-0.05, 0) is 31.4 Å². The van der Waals surface area contributed by atoms with E-state index >= 15 is 0 Å². The number of nitrogens with zero attached hydrogens (tertiary/aromatic N) is 5. The molecule has 1 fully saturated rings. The van der Waals surface area contributed by atoms with E-state index in [9.17, 15) is 13.2 Å². The summed E-state index contributed by atoms with van der Waals surface area (Å²) in [5, 5.41) is 11.4. The molecule has 1 aliphatic carbocycles. The van der Waals surface area contributed by atoms with Crippen molar-refractivity contribution in [3.8, 4) is 17.3 Å². The van der Waals surface area contributed by atoms with Gasteiger partial charge in [-0.3, -0.25) is 0 Å². The summed E-state index contributed by atoms with van der Waals surface area (Å²) in [6, 6.07) is 5.10. The molecule has 7 nitrogen and oxygen atoms in total. The standard InChI is InChI=1S/C15H13F3N6O.ClH/c16-15(17,18)9-4-1-2-5-11(9)24-8-10(21-23-24)12-20-13(22-25-12)14(19)6-3-7-14;/h1-2,4-5,8H,3,6-7,19H2;1H. The van der Waals surface area contributed by atoms with Gasteiger partial charge in [0.2, 0.25) is 0 Å². The molecule has 1 saturated carbocycles. The summed E-state index contributed by atoms with van der Waals surface area (Å²) in [5.74, 6) is 0.446. The van der Waals surface area contributed by atoms with Gasteiger partial charge in [0.1, 0.15) is 0 Å². The molecule has 138 valence electrons. The smallest absolute Gasteiger partial charge is 0.332 e. The van der Waals surface area contributed by atoms with Gasteiger partial charge in [-0.2, -0.15) is 18.2 Å². The minimum absolute atomic E-state index is 0. The Morgan fingerprint density at radius 1 is 1.19 bits per heavy atom. The minimum atomic E-state index is -4.50. The molecular weight excluding hydrogens is 373 g/mol. The minimum Gasteiger partial charge on any atom is -0.332 e. The molecule has 2 heterocycles. The van der Waals surface area contributed by atoms with Gasteiger partial charge < -0.3 is 10.3 Å². The van der Waals surface area contributed by atoms with Gasteiger partial charge in [0.15, 0.2) is 11.5 Å².